The fourth-order valence-electron chi connectivity index (χ4n) is 2.80. The van der Waals surface area contributed by atoms with Crippen LogP contribution in [0.25, 0.3) is 10.8 Å². The van der Waals surface area contributed by atoms with Gasteiger partial charge in [0, 0.05) is 25.7 Å². The lowest BCUT2D eigenvalue weighted by Crippen LogP contribution is -2.21. The first-order valence-electron chi connectivity index (χ1n) is 8.36. The SMILES string of the molecule is CNC(=O)c1ccc(CNCC(O)c2ccc3ccccc3c2)cc1. The van der Waals surface area contributed by atoms with Gasteiger partial charge in [0.05, 0.1) is 6.10 Å². The van der Waals surface area contributed by atoms with Crippen LogP contribution in [0.15, 0.2) is 66.7 Å². The second kappa shape index (κ2) is 7.92. The van der Waals surface area contributed by atoms with Gasteiger partial charge in [-0.15, -0.1) is 0 Å². The number of hydrogen-bond acceptors (Lipinski definition) is 3. The topological polar surface area (TPSA) is 61.4 Å². The lowest BCUT2D eigenvalue weighted by Gasteiger charge is -2.13. The highest BCUT2D eigenvalue weighted by Crippen LogP contribution is 2.20. The van der Waals surface area contributed by atoms with Crippen molar-refractivity contribution in [2.45, 2.75) is 12.6 Å². The summed E-state index contributed by atoms with van der Waals surface area (Å²) in [5.41, 5.74) is 2.61. The first kappa shape index (κ1) is 17.1. The van der Waals surface area contributed by atoms with Crippen molar-refractivity contribution in [1.82, 2.24) is 10.6 Å². The molecule has 0 heterocycles. The summed E-state index contributed by atoms with van der Waals surface area (Å²) < 4.78 is 0. The lowest BCUT2D eigenvalue weighted by atomic mass is 10.0. The van der Waals surface area contributed by atoms with Crippen LogP contribution in [0, 0.1) is 0 Å². The van der Waals surface area contributed by atoms with E-state index in [2.05, 4.69) is 16.7 Å². The smallest absolute Gasteiger partial charge is 0.251 e. The highest BCUT2D eigenvalue weighted by molar-refractivity contribution is 5.93. The monoisotopic (exact) mass is 334 g/mol. The van der Waals surface area contributed by atoms with Gasteiger partial charge in [0.25, 0.3) is 5.91 Å². The largest absolute Gasteiger partial charge is 0.387 e. The van der Waals surface area contributed by atoms with Gasteiger partial charge in [-0.3, -0.25) is 4.79 Å². The second-order valence-corrected chi connectivity index (χ2v) is 6.03. The van der Waals surface area contributed by atoms with E-state index in [0.29, 0.717) is 18.7 Å². The Morgan fingerprint density at radius 1 is 1.00 bits per heavy atom. The Labute approximate surface area is 147 Å². The van der Waals surface area contributed by atoms with Crippen molar-refractivity contribution < 1.29 is 9.90 Å². The first-order chi connectivity index (χ1) is 12.2. The number of rotatable bonds is 6. The zero-order chi connectivity index (χ0) is 17.6. The fraction of sp³-hybridized carbons (Fsp3) is 0.190. The van der Waals surface area contributed by atoms with Crippen LogP contribution in [-0.2, 0) is 6.54 Å². The Morgan fingerprint density at radius 2 is 1.72 bits per heavy atom. The summed E-state index contributed by atoms with van der Waals surface area (Å²) in [6.45, 7) is 1.11. The van der Waals surface area contributed by atoms with E-state index in [0.717, 1.165) is 16.5 Å². The molecule has 0 radical (unpaired) electrons. The molecule has 0 aliphatic carbocycles. The van der Waals surface area contributed by atoms with Gasteiger partial charge in [-0.1, -0.05) is 48.5 Å². The maximum absolute atomic E-state index is 11.5. The summed E-state index contributed by atoms with van der Waals surface area (Å²) in [5.74, 6) is -0.0914. The molecule has 3 aromatic carbocycles. The van der Waals surface area contributed by atoms with Crippen molar-refractivity contribution in [3.05, 3.63) is 83.4 Å². The summed E-state index contributed by atoms with van der Waals surface area (Å²) in [5, 5.41) is 18.6. The predicted octanol–water partition coefficient (Wildman–Crippen LogP) is 3.02. The number of hydrogen-bond donors (Lipinski definition) is 3. The quantitative estimate of drug-likeness (QED) is 0.649. The average molecular weight is 334 g/mol. The fourth-order valence-corrected chi connectivity index (χ4v) is 2.80. The molecule has 0 aromatic heterocycles. The van der Waals surface area contributed by atoms with Crippen molar-refractivity contribution in [2.24, 2.45) is 0 Å². The van der Waals surface area contributed by atoms with Crippen LogP contribution in [0.2, 0.25) is 0 Å². The summed E-state index contributed by atoms with van der Waals surface area (Å²) in [6, 6.07) is 21.6. The molecule has 0 saturated heterocycles. The number of amides is 1. The van der Waals surface area contributed by atoms with Crippen molar-refractivity contribution in [2.75, 3.05) is 13.6 Å². The Morgan fingerprint density at radius 3 is 2.44 bits per heavy atom. The van der Waals surface area contributed by atoms with E-state index < -0.39 is 6.10 Å². The lowest BCUT2D eigenvalue weighted by molar-refractivity contribution is 0.0963. The molecule has 25 heavy (non-hydrogen) atoms. The van der Waals surface area contributed by atoms with Crippen LogP contribution in [0.4, 0.5) is 0 Å². The standard InChI is InChI=1S/C21H22N2O2/c1-22-21(25)17-8-6-15(7-9-17)13-23-14-20(24)19-11-10-16-4-2-3-5-18(16)12-19/h2-12,20,23-24H,13-14H2,1H3,(H,22,25). The minimum absolute atomic E-state index is 0.0914. The van der Waals surface area contributed by atoms with Crippen LogP contribution in [0.5, 0.6) is 0 Å². The summed E-state index contributed by atoms with van der Waals surface area (Å²) in [6.07, 6.45) is -0.560. The molecular weight excluding hydrogens is 312 g/mol. The van der Waals surface area contributed by atoms with Gasteiger partial charge in [0.2, 0.25) is 0 Å². The van der Waals surface area contributed by atoms with Gasteiger partial charge in [0.1, 0.15) is 0 Å². The average Bonchev–Trinajstić information content (AvgIpc) is 2.67. The van der Waals surface area contributed by atoms with Crippen LogP contribution >= 0.6 is 0 Å². The van der Waals surface area contributed by atoms with E-state index in [9.17, 15) is 9.90 Å². The second-order valence-electron chi connectivity index (χ2n) is 6.03. The molecule has 1 amide bonds. The number of carbonyl (C=O) groups excluding carboxylic acids is 1. The number of benzene rings is 3. The molecule has 1 unspecified atom stereocenters. The van der Waals surface area contributed by atoms with Crippen LogP contribution in [0.3, 0.4) is 0 Å². The number of fused-ring (bicyclic) bond motifs is 1. The number of aliphatic hydroxyl groups is 1. The maximum atomic E-state index is 11.5. The Balaban J connectivity index is 1.56. The Bertz CT molecular complexity index is 859. The molecule has 0 bridgehead atoms. The zero-order valence-corrected chi connectivity index (χ0v) is 14.2. The zero-order valence-electron chi connectivity index (χ0n) is 14.2. The molecule has 3 aromatic rings. The van der Waals surface area contributed by atoms with Gasteiger partial charge >= 0.3 is 0 Å². The number of carbonyl (C=O) groups is 1. The maximum Gasteiger partial charge on any atom is 0.251 e. The summed E-state index contributed by atoms with van der Waals surface area (Å²) >= 11 is 0. The van der Waals surface area contributed by atoms with Gasteiger partial charge in [-0.05, 0) is 40.1 Å². The normalized spacial score (nSPS) is 12.1. The van der Waals surface area contributed by atoms with Crippen molar-refractivity contribution in [1.29, 1.82) is 0 Å². The first-order valence-corrected chi connectivity index (χ1v) is 8.36. The van der Waals surface area contributed by atoms with Gasteiger partial charge in [-0.2, -0.15) is 0 Å². The molecular formula is C21H22N2O2. The molecule has 0 saturated carbocycles. The molecule has 128 valence electrons. The van der Waals surface area contributed by atoms with E-state index in [4.69, 9.17) is 0 Å². The summed E-state index contributed by atoms with van der Waals surface area (Å²) in [4.78, 5) is 11.5. The third-order valence-corrected chi connectivity index (χ3v) is 4.27. The Hall–Kier alpha value is -2.69. The Kier molecular flexibility index (Phi) is 5.43. The van der Waals surface area contributed by atoms with Gasteiger partial charge in [0.15, 0.2) is 0 Å². The minimum Gasteiger partial charge on any atom is -0.387 e. The van der Waals surface area contributed by atoms with Gasteiger partial charge < -0.3 is 15.7 Å². The minimum atomic E-state index is -0.560. The van der Waals surface area contributed by atoms with Crippen LogP contribution in [0.1, 0.15) is 27.6 Å². The molecule has 1 atom stereocenters. The van der Waals surface area contributed by atoms with Crippen molar-refractivity contribution in [3.63, 3.8) is 0 Å². The third-order valence-electron chi connectivity index (χ3n) is 4.27. The molecule has 0 aliphatic rings. The van der Waals surface area contributed by atoms with E-state index in [1.54, 1.807) is 19.2 Å². The highest BCUT2D eigenvalue weighted by Gasteiger charge is 2.08. The molecule has 0 aliphatic heterocycles. The van der Waals surface area contributed by atoms with Crippen LogP contribution in [-0.4, -0.2) is 24.6 Å². The molecule has 4 nitrogen and oxygen atoms in total. The molecule has 4 heteroatoms. The van der Waals surface area contributed by atoms with Crippen molar-refractivity contribution in [3.8, 4) is 0 Å². The van der Waals surface area contributed by atoms with E-state index in [1.807, 2.05) is 48.5 Å². The molecule has 0 fully saturated rings. The van der Waals surface area contributed by atoms with E-state index in [1.165, 1.54) is 5.39 Å². The number of aliphatic hydroxyl groups excluding tert-OH is 1. The van der Waals surface area contributed by atoms with Crippen molar-refractivity contribution >= 4 is 16.7 Å². The van der Waals surface area contributed by atoms with Crippen LogP contribution < -0.4 is 10.6 Å². The molecule has 3 N–H and O–H groups in total. The number of nitrogens with one attached hydrogen (secondary N) is 2. The summed E-state index contributed by atoms with van der Waals surface area (Å²) in [7, 11) is 1.62. The molecule has 0 spiro atoms. The highest BCUT2D eigenvalue weighted by atomic mass is 16.3. The molecule has 3 rings (SSSR count). The predicted molar refractivity (Wildman–Crippen MR) is 100 cm³/mol. The third kappa shape index (κ3) is 4.24. The van der Waals surface area contributed by atoms with Gasteiger partial charge in [-0.25, -0.2) is 0 Å². The van der Waals surface area contributed by atoms with E-state index in [-0.39, 0.29) is 5.91 Å². The van der Waals surface area contributed by atoms with E-state index >= 15 is 0 Å².